The van der Waals surface area contributed by atoms with Crippen LogP contribution >= 0.6 is 11.6 Å². The number of rotatable bonds is 18. The lowest BCUT2D eigenvalue weighted by Crippen LogP contribution is -2.36. The summed E-state index contributed by atoms with van der Waals surface area (Å²) in [5, 5.41) is 18.7. The summed E-state index contributed by atoms with van der Waals surface area (Å²) in [6.45, 7) is 3.91. The van der Waals surface area contributed by atoms with Crippen LogP contribution in [-0.4, -0.2) is 21.4 Å². The van der Waals surface area contributed by atoms with Gasteiger partial charge in [0.15, 0.2) is 5.79 Å². The Hall–Kier alpha value is 0.210. The predicted octanol–water partition coefficient (Wildman–Crippen LogP) is 6.95. The van der Waals surface area contributed by atoms with Crippen LogP contribution in [0.15, 0.2) is 0 Å². The van der Waals surface area contributed by atoms with Gasteiger partial charge in [-0.3, -0.25) is 0 Å². The third-order valence-electron chi connectivity index (χ3n) is 5.04. The number of aliphatic hydroxyl groups is 2. The molecule has 2 nitrogen and oxygen atoms in total. The maximum atomic E-state index is 9.63. The van der Waals surface area contributed by atoms with E-state index in [1.165, 1.54) is 89.9 Å². The highest BCUT2D eigenvalue weighted by atomic mass is 35.5. The van der Waals surface area contributed by atoms with Crippen LogP contribution in [0, 0.1) is 0 Å². The van der Waals surface area contributed by atoms with Crippen molar-refractivity contribution in [1.29, 1.82) is 0 Å². The fraction of sp³-hybridized carbons (Fsp3) is 1.00. The van der Waals surface area contributed by atoms with Gasteiger partial charge in [-0.1, -0.05) is 103 Å². The predicted molar refractivity (Wildman–Crippen MR) is 107 cm³/mol. The molecule has 0 heterocycles. The van der Waals surface area contributed by atoms with Gasteiger partial charge in [0, 0.05) is 6.42 Å². The number of unbranched alkanes of at least 4 members (excludes halogenated alkanes) is 15. The van der Waals surface area contributed by atoms with E-state index < -0.39 is 11.2 Å². The van der Waals surface area contributed by atoms with Crippen molar-refractivity contribution < 1.29 is 10.2 Å². The molecule has 2 N–H and O–H groups in total. The van der Waals surface area contributed by atoms with Crippen LogP contribution in [0.3, 0.4) is 0 Å². The third-order valence-corrected chi connectivity index (χ3v) is 5.38. The molecule has 0 radical (unpaired) electrons. The van der Waals surface area contributed by atoms with E-state index in [1.807, 2.05) is 0 Å². The van der Waals surface area contributed by atoms with Crippen molar-refractivity contribution in [3.05, 3.63) is 0 Å². The Morgan fingerprint density at radius 2 is 0.917 bits per heavy atom. The average Bonchev–Trinajstić information content (AvgIpc) is 2.54. The molecule has 0 aliphatic heterocycles. The Bertz CT molecular complexity index is 254. The van der Waals surface area contributed by atoms with E-state index >= 15 is 0 Å². The van der Waals surface area contributed by atoms with Gasteiger partial charge in [-0.05, 0) is 13.3 Å². The minimum atomic E-state index is -1.70. The standard InChI is InChI=1S/C21H43ClO2/c1-3-4-5-6-7-8-9-10-11-12-13-14-15-16-17-18-19-21(23,24)20(2)22/h20,23-24H,3-19H2,1-2H3. The molecule has 1 unspecified atom stereocenters. The molecule has 24 heavy (non-hydrogen) atoms. The van der Waals surface area contributed by atoms with Gasteiger partial charge in [-0.25, -0.2) is 0 Å². The van der Waals surface area contributed by atoms with Crippen LogP contribution in [0.5, 0.6) is 0 Å². The monoisotopic (exact) mass is 362 g/mol. The van der Waals surface area contributed by atoms with E-state index in [9.17, 15) is 10.2 Å². The fourth-order valence-electron chi connectivity index (χ4n) is 3.13. The van der Waals surface area contributed by atoms with E-state index in [-0.39, 0.29) is 0 Å². The summed E-state index contributed by atoms with van der Waals surface area (Å²) in [5.41, 5.74) is 0. The molecule has 0 fully saturated rings. The quantitative estimate of drug-likeness (QED) is 0.157. The van der Waals surface area contributed by atoms with E-state index in [1.54, 1.807) is 6.92 Å². The average molecular weight is 363 g/mol. The Morgan fingerprint density at radius 3 is 1.21 bits per heavy atom. The molecule has 0 aromatic heterocycles. The van der Waals surface area contributed by atoms with Crippen molar-refractivity contribution in [2.75, 3.05) is 0 Å². The van der Waals surface area contributed by atoms with Crippen molar-refractivity contribution in [1.82, 2.24) is 0 Å². The van der Waals surface area contributed by atoms with E-state index in [0.717, 1.165) is 12.8 Å². The first-order chi connectivity index (χ1) is 11.5. The number of alkyl halides is 1. The molecule has 0 aliphatic carbocycles. The zero-order chi connectivity index (χ0) is 18.1. The molecular formula is C21H43ClO2. The van der Waals surface area contributed by atoms with Gasteiger partial charge in [-0.2, -0.15) is 0 Å². The molecule has 146 valence electrons. The molecule has 0 aromatic rings. The van der Waals surface area contributed by atoms with Crippen molar-refractivity contribution in [3.63, 3.8) is 0 Å². The summed E-state index contributed by atoms with van der Waals surface area (Å²) in [4.78, 5) is 0. The molecule has 0 bridgehead atoms. The van der Waals surface area contributed by atoms with Gasteiger partial charge in [0.1, 0.15) is 0 Å². The van der Waals surface area contributed by atoms with Gasteiger partial charge >= 0.3 is 0 Å². The topological polar surface area (TPSA) is 40.5 Å². The lowest BCUT2D eigenvalue weighted by molar-refractivity contribution is -0.164. The second kappa shape index (κ2) is 16.7. The van der Waals surface area contributed by atoms with Gasteiger partial charge in [-0.15, -0.1) is 11.6 Å². The minimum absolute atomic E-state index is 0.385. The number of hydrogen-bond donors (Lipinski definition) is 2. The van der Waals surface area contributed by atoms with E-state index in [2.05, 4.69) is 6.92 Å². The SMILES string of the molecule is CCCCCCCCCCCCCCCCCCC(O)(O)C(C)Cl. The molecule has 0 aromatic carbocycles. The van der Waals surface area contributed by atoms with Crippen LogP contribution in [0.25, 0.3) is 0 Å². The van der Waals surface area contributed by atoms with Crippen molar-refractivity contribution in [3.8, 4) is 0 Å². The third kappa shape index (κ3) is 15.7. The zero-order valence-corrected chi connectivity index (χ0v) is 17.1. The van der Waals surface area contributed by atoms with Crippen LogP contribution < -0.4 is 0 Å². The normalized spacial score (nSPS) is 13.4. The molecule has 0 saturated heterocycles. The molecular weight excluding hydrogens is 320 g/mol. The maximum Gasteiger partial charge on any atom is 0.179 e. The summed E-state index contributed by atoms with van der Waals surface area (Å²) >= 11 is 5.74. The Kier molecular flexibility index (Phi) is 16.8. The largest absolute Gasteiger partial charge is 0.364 e. The number of halogens is 1. The van der Waals surface area contributed by atoms with Crippen LogP contribution in [0.4, 0.5) is 0 Å². The molecule has 0 spiro atoms. The van der Waals surface area contributed by atoms with E-state index in [4.69, 9.17) is 11.6 Å². The second-order valence-corrected chi connectivity index (χ2v) is 8.20. The van der Waals surface area contributed by atoms with Crippen molar-refractivity contribution >= 4 is 11.6 Å². The van der Waals surface area contributed by atoms with Crippen LogP contribution in [0.1, 0.15) is 123 Å². The van der Waals surface area contributed by atoms with Crippen LogP contribution in [0.2, 0.25) is 0 Å². The number of hydrogen-bond acceptors (Lipinski definition) is 2. The Balaban J connectivity index is 3.13. The van der Waals surface area contributed by atoms with E-state index in [0.29, 0.717) is 6.42 Å². The molecule has 0 aliphatic rings. The zero-order valence-electron chi connectivity index (χ0n) is 16.4. The summed E-state index contributed by atoms with van der Waals surface area (Å²) in [6, 6.07) is 0. The highest BCUT2D eigenvalue weighted by Gasteiger charge is 2.28. The Labute approximate surface area is 156 Å². The molecule has 3 heteroatoms. The van der Waals surface area contributed by atoms with Gasteiger partial charge in [0.05, 0.1) is 5.38 Å². The Morgan fingerprint density at radius 1 is 0.625 bits per heavy atom. The molecule has 0 amide bonds. The fourth-order valence-corrected chi connectivity index (χ4v) is 3.24. The second-order valence-electron chi connectivity index (χ2n) is 7.55. The van der Waals surface area contributed by atoms with Crippen LogP contribution in [-0.2, 0) is 0 Å². The smallest absolute Gasteiger partial charge is 0.179 e. The highest BCUT2D eigenvalue weighted by Crippen LogP contribution is 2.21. The lowest BCUT2D eigenvalue weighted by atomic mass is 10.0. The first kappa shape index (κ1) is 24.2. The lowest BCUT2D eigenvalue weighted by Gasteiger charge is -2.24. The summed E-state index contributed by atoms with van der Waals surface area (Å²) in [6.07, 6.45) is 21.6. The van der Waals surface area contributed by atoms with Crippen molar-refractivity contribution in [2.24, 2.45) is 0 Å². The maximum absolute atomic E-state index is 9.63. The first-order valence-corrected chi connectivity index (χ1v) is 11.0. The minimum Gasteiger partial charge on any atom is -0.364 e. The molecule has 0 rings (SSSR count). The van der Waals surface area contributed by atoms with Crippen molar-refractivity contribution in [2.45, 2.75) is 134 Å². The summed E-state index contributed by atoms with van der Waals surface area (Å²) < 4.78 is 0. The highest BCUT2D eigenvalue weighted by molar-refractivity contribution is 6.20. The van der Waals surface area contributed by atoms with Gasteiger partial charge in [0.2, 0.25) is 0 Å². The molecule has 1 atom stereocenters. The summed E-state index contributed by atoms with van der Waals surface area (Å²) in [5.74, 6) is -1.70. The van der Waals surface area contributed by atoms with Gasteiger partial charge in [0.25, 0.3) is 0 Å². The first-order valence-electron chi connectivity index (χ1n) is 10.6. The summed E-state index contributed by atoms with van der Waals surface area (Å²) in [7, 11) is 0. The molecule has 0 saturated carbocycles. The van der Waals surface area contributed by atoms with Gasteiger partial charge < -0.3 is 10.2 Å².